The van der Waals surface area contributed by atoms with Crippen molar-refractivity contribution < 1.29 is 0 Å². The Hall–Kier alpha value is -0.450. The second-order valence-electron chi connectivity index (χ2n) is 4.88. The van der Waals surface area contributed by atoms with Gasteiger partial charge in [-0.1, -0.05) is 13.8 Å². The van der Waals surface area contributed by atoms with Crippen LogP contribution in [-0.2, 0) is 13.0 Å². The number of thiazole rings is 1. The highest BCUT2D eigenvalue weighted by Gasteiger charge is 2.22. The summed E-state index contributed by atoms with van der Waals surface area (Å²) < 4.78 is 0. The number of piperidine rings is 1. The molecule has 0 radical (unpaired) electrons. The average Bonchev–Trinajstić information content (AvgIpc) is 2.64. The molecule has 2 N–H and O–H groups in total. The molecule has 0 aliphatic carbocycles. The van der Waals surface area contributed by atoms with E-state index in [0.717, 1.165) is 32.5 Å². The summed E-state index contributed by atoms with van der Waals surface area (Å²) in [6.45, 7) is 7.58. The van der Waals surface area contributed by atoms with Crippen molar-refractivity contribution in [2.45, 2.75) is 39.3 Å². The van der Waals surface area contributed by atoms with Gasteiger partial charge in [0.1, 0.15) is 0 Å². The molecule has 1 fully saturated rings. The van der Waals surface area contributed by atoms with Crippen LogP contribution in [0.2, 0.25) is 0 Å². The molecule has 0 amide bonds. The molecule has 90 valence electrons. The molecule has 4 heteroatoms. The largest absolute Gasteiger partial charge is 0.327 e. The Labute approximate surface area is 102 Å². The van der Waals surface area contributed by atoms with Crippen LogP contribution in [0.4, 0.5) is 0 Å². The summed E-state index contributed by atoms with van der Waals surface area (Å²) in [6, 6.07) is 0.341. The Kier molecular flexibility index (Phi) is 3.95. The zero-order valence-electron chi connectivity index (χ0n) is 10.1. The van der Waals surface area contributed by atoms with E-state index in [4.69, 9.17) is 5.73 Å². The molecule has 1 aromatic heterocycles. The summed E-state index contributed by atoms with van der Waals surface area (Å²) >= 11 is 1.77. The van der Waals surface area contributed by atoms with Gasteiger partial charge >= 0.3 is 0 Å². The maximum Gasteiger partial charge on any atom is 0.0926 e. The third-order valence-corrected chi connectivity index (χ3v) is 4.10. The number of likely N-dealkylation sites (tertiary alicyclic amines) is 1. The lowest BCUT2D eigenvalue weighted by Gasteiger charge is -2.34. The maximum absolute atomic E-state index is 6.04. The Morgan fingerprint density at radius 1 is 1.56 bits per heavy atom. The topological polar surface area (TPSA) is 42.2 Å². The van der Waals surface area contributed by atoms with E-state index in [1.54, 1.807) is 11.3 Å². The van der Waals surface area contributed by atoms with Gasteiger partial charge in [0, 0.05) is 31.1 Å². The predicted octanol–water partition coefficient (Wildman–Crippen LogP) is 1.87. The number of aryl methyl sites for hydroxylation is 1. The molecule has 16 heavy (non-hydrogen) atoms. The summed E-state index contributed by atoms with van der Waals surface area (Å²) in [5.41, 5.74) is 7.25. The number of nitrogens with two attached hydrogens (primary N) is 1. The number of rotatable bonds is 3. The zero-order valence-corrected chi connectivity index (χ0v) is 11.0. The van der Waals surface area contributed by atoms with Crippen LogP contribution in [0.1, 0.15) is 31.0 Å². The van der Waals surface area contributed by atoms with E-state index >= 15 is 0 Å². The molecular weight excluding hydrogens is 218 g/mol. The third-order valence-electron chi connectivity index (χ3n) is 3.06. The molecular formula is C12H21N3S. The summed E-state index contributed by atoms with van der Waals surface area (Å²) in [6.07, 6.45) is 2.20. The predicted molar refractivity (Wildman–Crippen MR) is 68.5 cm³/mol. The lowest BCUT2D eigenvalue weighted by molar-refractivity contribution is 0.157. The minimum Gasteiger partial charge on any atom is -0.327 e. The molecule has 1 aromatic rings. The molecule has 2 heterocycles. The molecule has 1 aliphatic heterocycles. The third kappa shape index (κ3) is 3.03. The number of hydrogen-bond acceptors (Lipinski definition) is 4. The first-order chi connectivity index (χ1) is 7.67. The Morgan fingerprint density at radius 3 is 3.00 bits per heavy atom. The van der Waals surface area contributed by atoms with Crippen molar-refractivity contribution in [2.75, 3.05) is 13.1 Å². The van der Waals surface area contributed by atoms with Gasteiger partial charge < -0.3 is 5.73 Å². The van der Waals surface area contributed by atoms with E-state index in [2.05, 4.69) is 29.1 Å². The van der Waals surface area contributed by atoms with Gasteiger partial charge in [0.05, 0.1) is 10.7 Å². The highest BCUT2D eigenvalue weighted by Crippen LogP contribution is 2.18. The van der Waals surface area contributed by atoms with Crippen LogP contribution >= 0.6 is 11.3 Å². The molecule has 1 saturated heterocycles. The molecule has 2 atom stereocenters. The monoisotopic (exact) mass is 239 g/mol. The minimum absolute atomic E-state index is 0.341. The second kappa shape index (κ2) is 5.25. The van der Waals surface area contributed by atoms with Crippen LogP contribution in [-0.4, -0.2) is 29.0 Å². The van der Waals surface area contributed by atoms with Crippen molar-refractivity contribution in [1.82, 2.24) is 9.88 Å². The van der Waals surface area contributed by atoms with Crippen molar-refractivity contribution >= 4 is 11.3 Å². The molecule has 0 aromatic carbocycles. The smallest absolute Gasteiger partial charge is 0.0926 e. The molecule has 1 aliphatic rings. The fraction of sp³-hybridized carbons (Fsp3) is 0.750. The van der Waals surface area contributed by atoms with Crippen LogP contribution in [0.25, 0.3) is 0 Å². The minimum atomic E-state index is 0.341. The average molecular weight is 239 g/mol. The van der Waals surface area contributed by atoms with Gasteiger partial charge in [-0.05, 0) is 18.8 Å². The van der Waals surface area contributed by atoms with Gasteiger partial charge in [0.2, 0.25) is 0 Å². The van der Waals surface area contributed by atoms with E-state index in [0.29, 0.717) is 12.0 Å². The standard InChI is InChI=1S/C12H21N3S/c1-3-12-14-11(8-16-12)7-15-5-9(2)4-10(13)6-15/h8-10H,3-7,13H2,1-2H3. The van der Waals surface area contributed by atoms with Crippen molar-refractivity contribution in [3.05, 3.63) is 16.1 Å². The van der Waals surface area contributed by atoms with Crippen molar-refractivity contribution in [3.63, 3.8) is 0 Å². The highest BCUT2D eigenvalue weighted by atomic mass is 32.1. The zero-order chi connectivity index (χ0) is 11.5. The van der Waals surface area contributed by atoms with E-state index < -0.39 is 0 Å². The van der Waals surface area contributed by atoms with Crippen LogP contribution in [0.15, 0.2) is 5.38 Å². The fourth-order valence-electron chi connectivity index (χ4n) is 2.45. The van der Waals surface area contributed by atoms with E-state index in [1.807, 2.05) is 0 Å². The molecule has 2 unspecified atom stereocenters. The Balaban J connectivity index is 1.93. The van der Waals surface area contributed by atoms with Crippen molar-refractivity contribution in [3.8, 4) is 0 Å². The summed E-state index contributed by atoms with van der Waals surface area (Å²) in [5.74, 6) is 0.716. The lowest BCUT2D eigenvalue weighted by atomic mass is 9.96. The molecule has 0 bridgehead atoms. The van der Waals surface area contributed by atoms with E-state index in [1.165, 1.54) is 10.7 Å². The van der Waals surface area contributed by atoms with Crippen LogP contribution in [0.5, 0.6) is 0 Å². The van der Waals surface area contributed by atoms with Crippen LogP contribution in [0.3, 0.4) is 0 Å². The quantitative estimate of drug-likeness (QED) is 0.875. The number of nitrogens with zero attached hydrogens (tertiary/aromatic N) is 2. The normalized spacial score (nSPS) is 27.2. The van der Waals surface area contributed by atoms with Gasteiger partial charge in [0.15, 0.2) is 0 Å². The lowest BCUT2D eigenvalue weighted by Crippen LogP contribution is -2.45. The summed E-state index contributed by atoms with van der Waals surface area (Å²) in [5, 5.41) is 3.42. The van der Waals surface area contributed by atoms with Gasteiger partial charge in [0.25, 0.3) is 0 Å². The van der Waals surface area contributed by atoms with E-state index in [-0.39, 0.29) is 0 Å². The van der Waals surface area contributed by atoms with Crippen molar-refractivity contribution in [2.24, 2.45) is 11.7 Å². The van der Waals surface area contributed by atoms with Gasteiger partial charge in [-0.25, -0.2) is 4.98 Å². The molecule has 2 rings (SSSR count). The van der Waals surface area contributed by atoms with Gasteiger partial charge in [-0.3, -0.25) is 4.90 Å². The molecule has 3 nitrogen and oxygen atoms in total. The second-order valence-corrected chi connectivity index (χ2v) is 5.82. The maximum atomic E-state index is 6.04. The number of aromatic nitrogens is 1. The fourth-order valence-corrected chi connectivity index (χ4v) is 3.19. The first kappa shape index (κ1) is 12.0. The molecule has 0 saturated carbocycles. The Bertz CT molecular complexity index is 327. The summed E-state index contributed by atoms with van der Waals surface area (Å²) in [4.78, 5) is 7.05. The highest BCUT2D eigenvalue weighted by molar-refractivity contribution is 7.09. The van der Waals surface area contributed by atoms with Gasteiger partial charge in [-0.15, -0.1) is 11.3 Å². The SMILES string of the molecule is CCc1nc(CN2CC(C)CC(N)C2)cs1. The summed E-state index contributed by atoms with van der Waals surface area (Å²) in [7, 11) is 0. The first-order valence-electron chi connectivity index (χ1n) is 6.08. The Morgan fingerprint density at radius 2 is 2.38 bits per heavy atom. The van der Waals surface area contributed by atoms with Crippen LogP contribution < -0.4 is 5.73 Å². The number of hydrogen-bond donors (Lipinski definition) is 1. The first-order valence-corrected chi connectivity index (χ1v) is 6.96. The van der Waals surface area contributed by atoms with Gasteiger partial charge in [-0.2, -0.15) is 0 Å². The van der Waals surface area contributed by atoms with Crippen LogP contribution in [0, 0.1) is 5.92 Å². The van der Waals surface area contributed by atoms with Crippen molar-refractivity contribution in [1.29, 1.82) is 0 Å². The van der Waals surface area contributed by atoms with E-state index in [9.17, 15) is 0 Å². The molecule has 0 spiro atoms.